The van der Waals surface area contributed by atoms with Crippen molar-refractivity contribution in [1.29, 1.82) is 0 Å². The predicted molar refractivity (Wildman–Crippen MR) is 124 cm³/mol. The number of thiophene rings is 1. The van der Waals surface area contributed by atoms with Crippen LogP contribution in [0.25, 0.3) is 32.0 Å². The van der Waals surface area contributed by atoms with Crippen molar-refractivity contribution in [2.75, 3.05) is 5.73 Å². The molecule has 6 rings (SSSR count). The maximum absolute atomic E-state index is 13.8. The lowest BCUT2D eigenvalue weighted by atomic mass is 10.1. The molecule has 1 aliphatic rings. The van der Waals surface area contributed by atoms with Gasteiger partial charge < -0.3 is 5.73 Å². The summed E-state index contributed by atoms with van der Waals surface area (Å²) in [6, 6.07) is 18.3. The topological polar surface area (TPSA) is 60.9 Å². The van der Waals surface area contributed by atoms with E-state index in [1.54, 1.807) is 4.57 Å². The number of fused-ring (bicyclic) bond motifs is 5. The Hall–Kier alpha value is -3.18. The monoisotopic (exact) mass is 411 g/mol. The van der Waals surface area contributed by atoms with Gasteiger partial charge in [0.15, 0.2) is 0 Å². The number of para-hydroxylation sites is 2. The molecule has 3 heterocycles. The summed E-state index contributed by atoms with van der Waals surface area (Å²) in [7, 11) is 0. The minimum atomic E-state index is -0.0805. The lowest BCUT2D eigenvalue weighted by molar-refractivity contribution is 0.0974. The molecule has 0 amide bonds. The van der Waals surface area contributed by atoms with Crippen LogP contribution in [0, 0.1) is 0 Å². The molecule has 3 aromatic heterocycles. The molecule has 2 aromatic carbocycles. The zero-order valence-corrected chi connectivity index (χ0v) is 17.3. The fourth-order valence-corrected chi connectivity index (χ4v) is 5.76. The highest BCUT2D eigenvalue weighted by atomic mass is 32.1. The lowest BCUT2D eigenvalue weighted by Crippen LogP contribution is -2.11. The van der Waals surface area contributed by atoms with Gasteiger partial charge in [0.2, 0.25) is 0 Å². The molecule has 0 radical (unpaired) electrons. The molecular formula is C25H21N3OS. The summed E-state index contributed by atoms with van der Waals surface area (Å²) in [5, 5.41) is 3.07. The van der Waals surface area contributed by atoms with Gasteiger partial charge in [-0.1, -0.05) is 42.8 Å². The van der Waals surface area contributed by atoms with E-state index in [9.17, 15) is 4.79 Å². The van der Waals surface area contributed by atoms with E-state index in [-0.39, 0.29) is 5.91 Å². The molecule has 30 heavy (non-hydrogen) atoms. The van der Waals surface area contributed by atoms with Crippen molar-refractivity contribution in [1.82, 2.24) is 9.55 Å². The van der Waals surface area contributed by atoms with Gasteiger partial charge in [-0.15, -0.1) is 11.3 Å². The van der Waals surface area contributed by atoms with Gasteiger partial charge in [-0.05, 0) is 49.4 Å². The smallest absolute Gasteiger partial charge is 0.275 e. The molecule has 148 valence electrons. The summed E-state index contributed by atoms with van der Waals surface area (Å²) in [6.45, 7) is 0. The van der Waals surface area contributed by atoms with E-state index >= 15 is 0 Å². The molecule has 0 aliphatic heterocycles. The number of nitrogens with two attached hydrogens (primary N) is 1. The minimum Gasteiger partial charge on any atom is -0.397 e. The number of nitrogen functional groups attached to an aromatic ring is 1. The van der Waals surface area contributed by atoms with Crippen LogP contribution in [0.3, 0.4) is 0 Å². The third-order valence-corrected chi connectivity index (χ3v) is 7.33. The number of aromatic nitrogens is 2. The fraction of sp³-hybridized carbons (Fsp3) is 0.200. The summed E-state index contributed by atoms with van der Waals surface area (Å²) in [4.78, 5) is 20.1. The highest BCUT2D eigenvalue weighted by Gasteiger charge is 2.24. The summed E-state index contributed by atoms with van der Waals surface area (Å²) in [5.74, 6) is -0.0805. The number of rotatable bonds is 1. The molecule has 0 bridgehead atoms. The molecule has 0 atom stereocenters. The zero-order valence-electron chi connectivity index (χ0n) is 16.5. The summed E-state index contributed by atoms with van der Waals surface area (Å²) in [5.41, 5.74) is 11.4. The Balaban J connectivity index is 1.58. The highest BCUT2D eigenvalue weighted by molar-refractivity contribution is 7.21. The number of carbonyl (C=O) groups is 1. The first-order chi connectivity index (χ1) is 14.7. The summed E-state index contributed by atoms with van der Waals surface area (Å²) < 4.78 is 1.80. The summed E-state index contributed by atoms with van der Waals surface area (Å²) in [6.07, 6.45) is 5.68. The van der Waals surface area contributed by atoms with Crippen molar-refractivity contribution >= 4 is 55.0 Å². The largest absolute Gasteiger partial charge is 0.397 e. The van der Waals surface area contributed by atoms with E-state index in [0.29, 0.717) is 10.6 Å². The van der Waals surface area contributed by atoms with Gasteiger partial charge in [0.1, 0.15) is 9.71 Å². The van der Waals surface area contributed by atoms with Crippen molar-refractivity contribution in [3.63, 3.8) is 0 Å². The molecule has 0 unspecified atom stereocenters. The number of nitrogens with zero attached hydrogens (tertiary/aromatic N) is 2. The van der Waals surface area contributed by atoms with Crippen LogP contribution in [0.15, 0.2) is 54.6 Å². The molecular weight excluding hydrogens is 390 g/mol. The Labute approximate surface area is 177 Å². The van der Waals surface area contributed by atoms with Gasteiger partial charge in [-0.3, -0.25) is 9.36 Å². The average molecular weight is 412 g/mol. The fourth-order valence-electron chi connectivity index (χ4n) is 4.74. The molecule has 5 aromatic rings. The second kappa shape index (κ2) is 6.67. The van der Waals surface area contributed by atoms with E-state index in [4.69, 9.17) is 10.7 Å². The lowest BCUT2D eigenvalue weighted by Gasteiger charge is -2.06. The van der Waals surface area contributed by atoms with Crippen LogP contribution in [0.5, 0.6) is 0 Å². The number of anilines is 1. The van der Waals surface area contributed by atoms with Crippen molar-refractivity contribution in [2.24, 2.45) is 0 Å². The Kier molecular flexibility index (Phi) is 3.93. The Bertz CT molecular complexity index is 1410. The molecule has 0 saturated heterocycles. The molecule has 5 heteroatoms. The summed E-state index contributed by atoms with van der Waals surface area (Å²) >= 11 is 1.42. The Morgan fingerprint density at radius 3 is 2.30 bits per heavy atom. The van der Waals surface area contributed by atoms with Crippen LogP contribution in [0.4, 0.5) is 5.69 Å². The van der Waals surface area contributed by atoms with Crippen LogP contribution >= 0.6 is 11.3 Å². The van der Waals surface area contributed by atoms with Gasteiger partial charge in [-0.2, -0.15) is 0 Å². The third kappa shape index (κ3) is 2.52. The van der Waals surface area contributed by atoms with Gasteiger partial charge in [-0.25, -0.2) is 4.98 Å². The second-order valence-corrected chi connectivity index (χ2v) is 9.03. The van der Waals surface area contributed by atoms with Crippen LogP contribution in [0.2, 0.25) is 0 Å². The molecule has 0 spiro atoms. The first-order valence-corrected chi connectivity index (χ1v) is 11.3. The first kappa shape index (κ1) is 17.7. The standard InChI is InChI=1S/C25H21N3OS/c26-22-18-14-15-8-2-1-3-11-19(15)27-24(18)30-23(22)25(29)28-20-12-6-4-9-16(20)17-10-5-7-13-21(17)28/h4-7,9-10,12-14H,1-3,8,11,26H2. The normalized spacial score (nSPS) is 14.3. The third-order valence-electron chi connectivity index (χ3n) is 6.23. The van der Waals surface area contributed by atoms with Crippen molar-refractivity contribution in [3.05, 3.63) is 70.7 Å². The minimum absolute atomic E-state index is 0.0805. The van der Waals surface area contributed by atoms with E-state index in [2.05, 4.69) is 18.2 Å². The van der Waals surface area contributed by atoms with E-state index in [1.165, 1.54) is 41.9 Å². The van der Waals surface area contributed by atoms with Gasteiger partial charge in [0, 0.05) is 21.9 Å². The Morgan fingerprint density at radius 2 is 1.57 bits per heavy atom. The van der Waals surface area contributed by atoms with Crippen LogP contribution in [-0.2, 0) is 12.8 Å². The molecule has 0 fully saturated rings. The van der Waals surface area contributed by atoms with Crippen molar-refractivity contribution in [2.45, 2.75) is 32.1 Å². The van der Waals surface area contributed by atoms with Gasteiger partial charge in [0.25, 0.3) is 5.91 Å². The van der Waals surface area contributed by atoms with E-state index in [1.807, 2.05) is 36.4 Å². The second-order valence-electron chi connectivity index (χ2n) is 8.03. The Morgan fingerprint density at radius 1 is 0.900 bits per heavy atom. The van der Waals surface area contributed by atoms with Crippen molar-refractivity contribution in [3.8, 4) is 0 Å². The molecule has 0 saturated carbocycles. The molecule has 1 aliphatic carbocycles. The number of benzene rings is 2. The number of hydrogen-bond donors (Lipinski definition) is 1. The molecule has 4 nitrogen and oxygen atoms in total. The van der Waals surface area contributed by atoms with Crippen LogP contribution in [0.1, 0.15) is 40.2 Å². The van der Waals surface area contributed by atoms with Crippen LogP contribution < -0.4 is 5.73 Å². The van der Waals surface area contributed by atoms with Crippen molar-refractivity contribution < 1.29 is 4.79 Å². The number of pyridine rings is 1. The first-order valence-electron chi connectivity index (χ1n) is 10.5. The average Bonchev–Trinajstić information content (AvgIpc) is 3.16. The molecule has 2 N–H and O–H groups in total. The van der Waals surface area contributed by atoms with Crippen LogP contribution in [-0.4, -0.2) is 15.5 Å². The predicted octanol–water partition coefficient (Wildman–Crippen LogP) is 5.94. The quantitative estimate of drug-likeness (QED) is 0.347. The van der Waals surface area contributed by atoms with E-state index < -0.39 is 0 Å². The maximum Gasteiger partial charge on any atom is 0.275 e. The zero-order chi connectivity index (χ0) is 20.2. The number of carbonyl (C=O) groups excluding carboxylic acids is 1. The SMILES string of the molecule is Nc1c(C(=O)n2c3ccccc3c3ccccc32)sc2nc3c(cc12)CCCCC3. The van der Waals surface area contributed by atoms with Gasteiger partial charge in [0.05, 0.1) is 16.7 Å². The highest BCUT2D eigenvalue weighted by Crippen LogP contribution is 2.37. The van der Waals surface area contributed by atoms with Gasteiger partial charge >= 0.3 is 0 Å². The van der Waals surface area contributed by atoms with E-state index in [0.717, 1.165) is 44.9 Å². The number of hydrogen-bond acceptors (Lipinski definition) is 4. The number of aryl methyl sites for hydroxylation is 2. The maximum atomic E-state index is 13.8.